The summed E-state index contributed by atoms with van der Waals surface area (Å²) in [5.41, 5.74) is 2.17. The molecule has 0 aliphatic carbocycles. The molecule has 0 unspecified atom stereocenters. The van der Waals surface area contributed by atoms with E-state index in [0.29, 0.717) is 17.1 Å². The number of nitrogens with zero attached hydrogens (tertiary/aromatic N) is 5. The third-order valence-electron chi connectivity index (χ3n) is 6.34. The Bertz CT molecular complexity index is 1510. The first-order valence-electron chi connectivity index (χ1n) is 11.7. The van der Waals surface area contributed by atoms with Gasteiger partial charge in [-0.2, -0.15) is 5.26 Å². The fraction of sp³-hybridized carbons (Fsp3) is 0.269. The van der Waals surface area contributed by atoms with E-state index in [-0.39, 0.29) is 33.9 Å². The lowest BCUT2D eigenvalue weighted by Crippen LogP contribution is -2.44. The minimum atomic E-state index is -0.765. The van der Waals surface area contributed by atoms with Gasteiger partial charge in [0.05, 0.1) is 18.3 Å². The Morgan fingerprint density at radius 3 is 2.59 bits per heavy atom. The number of H-pyrrole nitrogens is 1. The number of aryl methyl sites for hydroxylation is 1. The first kappa shape index (κ1) is 24.3. The molecule has 0 amide bonds. The number of fused-ring (bicyclic) bond motifs is 1. The maximum atomic E-state index is 15.1. The number of piperazine rings is 1. The maximum Gasteiger partial charge on any atom is 0.242 e. The molecule has 1 fully saturated rings. The third-order valence-corrected chi connectivity index (χ3v) is 6.34. The third kappa shape index (κ3) is 4.71. The second-order valence-corrected chi connectivity index (χ2v) is 8.83. The van der Waals surface area contributed by atoms with Gasteiger partial charge in [0.25, 0.3) is 0 Å². The number of hydrogen-bond acceptors (Lipinski definition) is 8. The van der Waals surface area contributed by atoms with Gasteiger partial charge in [0.2, 0.25) is 5.88 Å². The molecule has 9 nitrogen and oxygen atoms in total. The highest BCUT2D eigenvalue weighted by Crippen LogP contribution is 2.36. The second-order valence-electron chi connectivity index (χ2n) is 8.83. The molecule has 0 radical (unpaired) electrons. The molecule has 1 aliphatic rings. The highest BCUT2D eigenvalue weighted by atomic mass is 19.1. The van der Waals surface area contributed by atoms with Crippen molar-refractivity contribution in [2.45, 2.75) is 6.92 Å². The molecular formula is C26H25F2N7O2. The first-order chi connectivity index (χ1) is 17.9. The number of hydrogen-bond donors (Lipinski definition) is 2. The number of anilines is 3. The molecule has 11 heteroatoms. The van der Waals surface area contributed by atoms with Crippen molar-refractivity contribution in [3.05, 3.63) is 59.6 Å². The Morgan fingerprint density at radius 1 is 1.08 bits per heavy atom. The number of halogens is 2. The lowest BCUT2D eigenvalue weighted by Gasteiger charge is -2.34. The average Bonchev–Trinajstić information content (AvgIpc) is 3.30. The van der Waals surface area contributed by atoms with Crippen LogP contribution in [-0.2, 0) is 0 Å². The molecule has 0 bridgehead atoms. The van der Waals surface area contributed by atoms with Gasteiger partial charge < -0.3 is 29.6 Å². The van der Waals surface area contributed by atoms with E-state index >= 15 is 4.39 Å². The number of methoxy groups -OCH3 is 1. The largest absolute Gasteiger partial charge is 0.494 e. The van der Waals surface area contributed by atoms with E-state index in [4.69, 9.17) is 9.47 Å². The van der Waals surface area contributed by atoms with Crippen molar-refractivity contribution in [1.29, 1.82) is 5.26 Å². The number of aromatic amines is 1. The zero-order chi connectivity index (χ0) is 26.1. The van der Waals surface area contributed by atoms with Crippen LogP contribution in [0.3, 0.4) is 0 Å². The van der Waals surface area contributed by atoms with E-state index < -0.39 is 11.6 Å². The van der Waals surface area contributed by atoms with Gasteiger partial charge in [-0.3, -0.25) is 0 Å². The molecule has 1 aliphatic heterocycles. The van der Waals surface area contributed by atoms with E-state index in [9.17, 15) is 9.65 Å². The maximum absolute atomic E-state index is 15.1. The standard InChI is InChI=1S/C26H25F2N7O2/c1-15-10-17-23(28)22(12-19(27)24(17)32-15)37-26-18(13-29)25(30-14-31-26)33-20-5-4-16(11-21(20)36-3)35-8-6-34(2)7-9-35/h4-5,10-12,14,32H,6-9H2,1-3H3,(H,30,31,33). The van der Waals surface area contributed by atoms with Crippen LogP contribution in [0.15, 0.2) is 36.7 Å². The predicted octanol–water partition coefficient (Wildman–Crippen LogP) is 4.71. The van der Waals surface area contributed by atoms with Crippen LogP contribution in [0.5, 0.6) is 17.4 Å². The van der Waals surface area contributed by atoms with Gasteiger partial charge >= 0.3 is 0 Å². The summed E-state index contributed by atoms with van der Waals surface area (Å²) in [6.45, 7) is 5.45. The minimum absolute atomic E-state index is 0.0417. The Hall–Kier alpha value is -4.43. The number of ether oxygens (including phenoxy) is 2. The highest BCUT2D eigenvalue weighted by Gasteiger charge is 2.21. The molecule has 0 spiro atoms. The molecule has 4 aromatic rings. The van der Waals surface area contributed by atoms with E-state index in [1.54, 1.807) is 14.0 Å². The van der Waals surface area contributed by atoms with E-state index in [0.717, 1.165) is 37.9 Å². The number of rotatable bonds is 6. The molecule has 3 heterocycles. The summed E-state index contributed by atoms with van der Waals surface area (Å²) in [6, 6.07) is 10.1. The molecule has 190 valence electrons. The van der Waals surface area contributed by atoms with Gasteiger partial charge in [0, 0.05) is 55.1 Å². The van der Waals surface area contributed by atoms with Crippen molar-refractivity contribution in [3.63, 3.8) is 0 Å². The van der Waals surface area contributed by atoms with Crippen molar-refractivity contribution in [2.24, 2.45) is 0 Å². The first-order valence-corrected chi connectivity index (χ1v) is 11.7. The fourth-order valence-corrected chi connectivity index (χ4v) is 4.33. The van der Waals surface area contributed by atoms with Crippen molar-refractivity contribution in [2.75, 3.05) is 50.6 Å². The number of nitrogens with one attached hydrogen (secondary N) is 2. The van der Waals surface area contributed by atoms with E-state index in [1.807, 2.05) is 24.3 Å². The van der Waals surface area contributed by atoms with Gasteiger partial charge in [-0.1, -0.05) is 0 Å². The van der Waals surface area contributed by atoms with E-state index in [2.05, 4.69) is 37.1 Å². The summed E-state index contributed by atoms with van der Waals surface area (Å²) < 4.78 is 40.8. The molecule has 37 heavy (non-hydrogen) atoms. The Kier molecular flexibility index (Phi) is 6.50. The minimum Gasteiger partial charge on any atom is -0.494 e. The van der Waals surface area contributed by atoms with Crippen LogP contribution in [0, 0.1) is 29.9 Å². The summed E-state index contributed by atoms with van der Waals surface area (Å²) in [4.78, 5) is 15.5. The molecule has 2 aromatic heterocycles. The lowest BCUT2D eigenvalue weighted by atomic mass is 10.2. The smallest absolute Gasteiger partial charge is 0.242 e. The quantitative estimate of drug-likeness (QED) is 0.388. The summed E-state index contributed by atoms with van der Waals surface area (Å²) in [5.74, 6) is -1.35. The molecule has 0 atom stereocenters. The SMILES string of the molecule is COc1cc(N2CCN(C)CC2)ccc1Nc1ncnc(Oc2cc(F)c3[nH]c(C)cc3c2F)c1C#N. The molecule has 2 aromatic carbocycles. The van der Waals surface area contributed by atoms with Crippen molar-refractivity contribution in [3.8, 4) is 23.4 Å². The number of aromatic nitrogens is 3. The Morgan fingerprint density at radius 2 is 1.86 bits per heavy atom. The van der Waals surface area contributed by atoms with Crippen LogP contribution < -0.4 is 19.7 Å². The normalized spacial score (nSPS) is 14.0. The molecular weight excluding hydrogens is 480 g/mol. The molecule has 1 saturated heterocycles. The molecule has 2 N–H and O–H groups in total. The highest BCUT2D eigenvalue weighted by molar-refractivity contribution is 5.83. The van der Waals surface area contributed by atoms with Crippen molar-refractivity contribution < 1.29 is 18.3 Å². The monoisotopic (exact) mass is 505 g/mol. The van der Waals surface area contributed by atoms with Gasteiger partial charge in [0.1, 0.15) is 18.1 Å². The number of nitriles is 1. The second kappa shape index (κ2) is 9.91. The van der Waals surface area contributed by atoms with Gasteiger partial charge in [-0.05, 0) is 32.2 Å². The van der Waals surface area contributed by atoms with Crippen LogP contribution in [0.1, 0.15) is 11.3 Å². The predicted molar refractivity (Wildman–Crippen MR) is 136 cm³/mol. The number of likely N-dealkylation sites (N-methyl/N-ethyl adjacent to an activating group) is 1. The van der Waals surface area contributed by atoms with Gasteiger partial charge in [-0.15, -0.1) is 0 Å². The topological polar surface area (TPSA) is 102 Å². The van der Waals surface area contributed by atoms with Crippen LogP contribution >= 0.6 is 0 Å². The van der Waals surface area contributed by atoms with Gasteiger partial charge in [-0.25, -0.2) is 18.7 Å². The summed E-state index contributed by atoms with van der Waals surface area (Å²) in [5, 5.41) is 13.0. The lowest BCUT2D eigenvalue weighted by molar-refractivity contribution is 0.312. The van der Waals surface area contributed by atoms with Crippen LogP contribution in [0.4, 0.5) is 26.0 Å². The Balaban J connectivity index is 1.44. The zero-order valence-corrected chi connectivity index (χ0v) is 20.6. The summed E-state index contributed by atoms with van der Waals surface area (Å²) >= 11 is 0. The molecule has 0 saturated carbocycles. The van der Waals surface area contributed by atoms with Crippen LogP contribution in [0.2, 0.25) is 0 Å². The molecule has 5 rings (SSSR count). The average molecular weight is 506 g/mol. The Labute approximate surface area is 212 Å². The fourth-order valence-electron chi connectivity index (χ4n) is 4.33. The van der Waals surface area contributed by atoms with Gasteiger partial charge in [0.15, 0.2) is 28.8 Å². The van der Waals surface area contributed by atoms with Crippen molar-refractivity contribution >= 4 is 28.1 Å². The summed E-state index contributed by atoms with van der Waals surface area (Å²) in [6.07, 6.45) is 1.18. The van der Waals surface area contributed by atoms with Crippen LogP contribution in [0.25, 0.3) is 10.9 Å². The number of benzene rings is 2. The van der Waals surface area contributed by atoms with E-state index in [1.165, 1.54) is 12.4 Å². The van der Waals surface area contributed by atoms with Crippen LogP contribution in [-0.4, -0.2) is 60.2 Å². The van der Waals surface area contributed by atoms with Crippen molar-refractivity contribution in [1.82, 2.24) is 19.9 Å². The summed E-state index contributed by atoms with van der Waals surface area (Å²) in [7, 11) is 3.66. The zero-order valence-electron chi connectivity index (χ0n) is 20.6.